The minimum absolute atomic E-state index is 0.199. The first-order valence-electron chi connectivity index (χ1n) is 9.51. The van der Waals surface area contributed by atoms with Crippen molar-refractivity contribution < 1.29 is 4.74 Å². The van der Waals surface area contributed by atoms with E-state index in [1.165, 1.54) is 12.8 Å². The summed E-state index contributed by atoms with van der Waals surface area (Å²) in [5.41, 5.74) is 1.93. The van der Waals surface area contributed by atoms with Gasteiger partial charge in [0.2, 0.25) is 0 Å². The average molecular weight is 360 g/mol. The Labute approximate surface area is 158 Å². The van der Waals surface area contributed by atoms with Gasteiger partial charge in [-0.25, -0.2) is 4.40 Å². The molecule has 25 heavy (non-hydrogen) atoms. The lowest BCUT2D eigenvalue weighted by molar-refractivity contribution is -0.0670. The van der Waals surface area contributed by atoms with Gasteiger partial charge in [0.05, 0.1) is 18.0 Å². The highest BCUT2D eigenvalue weighted by atomic mass is 32.2. The quantitative estimate of drug-likeness (QED) is 0.474. The molecule has 3 heteroatoms. The molecule has 0 amide bonds. The fourth-order valence-corrected chi connectivity index (χ4v) is 6.10. The van der Waals surface area contributed by atoms with Crippen molar-refractivity contribution >= 4 is 18.2 Å². The van der Waals surface area contributed by atoms with Gasteiger partial charge in [0, 0.05) is 11.6 Å². The van der Waals surface area contributed by atoms with Gasteiger partial charge in [0.25, 0.3) is 0 Å². The third-order valence-corrected chi connectivity index (χ3v) is 7.62. The zero-order valence-corrected chi connectivity index (χ0v) is 17.4. The molecule has 3 rings (SSSR count). The van der Waals surface area contributed by atoms with E-state index in [0.717, 1.165) is 12.2 Å². The summed E-state index contributed by atoms with van der Waals surface area (Å²) in [6.45, 7) is 14.9. The van der Waals surface area contributed by atoms with E-state index in [1.54, 1.807) is 11.9 Å². The predicted octanol–water partition coefficient (Wildman–Crippen LogP) is 6.01. The summed E-state index contributed by atoms with van der Waals surface area (Å²) in [6.07, 6.45) is 4.86. The van der Waals surface area contributed by atoms with Crippen LogP contribution in [-0.4, -0.2) is 24.2 Å². The smallest absolute Gasteiger partial charge is 0.0773 e. The van der Waals surface area contributed by atoms with Crippen molar-refractivity contribution in [1.29, 1.82) is 0 Å². The molecule has 0 unspecified atom stereocenters. The van der Waals surface area contributed by atoms with E-state index < -0.39 is 0 Å². The standard InChI is InChI=1S/C22H33NOS/c1-20(2,3)15-24-19-18(17-12-13-22(19,6)21(17,4)5)25-23-14-16-10-8-7-9-11-16/h7-11,14,17-19H,12-13,15H2,1-6H3/b23-14+/t17-,18-,19-,22+/m1/s1. The van der Waals surface area contributed by atoms with Crippen LogP contribution < -0.4 is 0 Å². The van der Waals surface area contributed by atoms with Gasteiger partial charge in [-0.1, -0.05) is 71.9 Å². The van der Waals surface area contributed by atoms with Crippen LogP contribution in [0, 0.1) is 22.2 Å². The molecule has 1 aromatic rings. The molecule has 2 fully saturated rings. The SMILES string of the molecule is CC(C)(C)CO[C@@H]1[C@H](S/N=C/c2ccccc2)[C@H]2CC[C@]1(C)C2(C)C. The molecule has 4 atom stereocenters. The summed E-state index contributed by atoms with van der Waals surface area (Å²) in [5.74, 6) is 0.681. The van der Waals surface area contributed by atoms with Crippen molar-refractivity contribution in [3.63, 3.8) is 0 Å². The molecular weight excluding hydrogens is 326 g/mol. The Balaban J connectivity index is 1.76. The number of nitrogens with zero attached hydrogens (tertiary/aromatic N) is 1. The van der Waals surface area contributed by atoms with E-state index in [1.807, 2.05) is 12.3 Å². The molecule has 2 aliphatic carbocycles. The summed E-state index contributed by atoms with van der Waals surface area (Å²) in [7, 11) is 0. The molecule has 1 aromatic carbocycles. The maximum atomic E-state index is 6.56. The summed E-state index contributed by atoms with van der Waals surface area (Å²) in [4.78, 5) is 0. The zero-order chi connectivity index (χ0) is 18.3. The Morgan fingerprint density at radius 3 is 2.52 bits per heavy atom. The number of hydrogen-bond donors (Lipinski definition) is 0. The average Bonchev–Trinajstić information content (AvgIpc) is 2.85. The van der Waals surface area contributed by atoms with Gasteiger partial charge in [-0.05, 0) is 47.1 Å². The van der Waals surface area contributed by atoms with Crippen molar-refractivity contribution in [3.05, 3.63) is 35.9 Å². The second-order valence-electron chi connectivity index (χ2n) is 9.79. The molecule has 0 heterocycles. The first-order chi connectivity index (χ1) is 11.7. The van der Waals surface area contributed by atoms with E-state index in [0.29, 0.717) is 22.7 Å². The molecule has 138 valence electrons. The van der Waals surface area contributed by atoms with Gasteiger partial charge in [0.15, 0.2) is 0 Å². The zero-order valence-electron chi connectivity index (χ0n) is 16.6. The Bertz CT molecular complexity index is 619. The molecule has 2 bridgehead atoms. The van der Waals surface area contributed by atoms with E-state index >= 15 is 0 Å². The van der Waals surface area contributed by atoms with Crippen LogP contribution in [0.2, 0.25) is 0 Å². The van der Waals surface area contributed by atoms with E-state index in [-0.39, 0.29) is 10.8 Å². The van der Waals surface area contributed by atoms with E-state index in [9.17, 15) is 0 Å². The van der Waals surface area contributed by atoms with Crippen LogP contribution in [0.4, 0.5) is 0 Å². The van der Waals surface area contributed by atoms with Crippen LogP contribution in [-0.2, 0) is 4.74 Å². The fraction of sp³-hybridized carbons (Fsp3) is 0.682. The third-order valence-electron chi connectivity index (χ3n) is 6.58. The molecule has 0 aromatic heterocycles. The van der Waals surface area contributed by atoms with Crippen molar-refractivity contribution in [1.82, 2.24) is 0 Å². The van der Waals surface area contributed by atoms with Gasteiger partial charge in [-0.3, -0.25) is 0 Å². The first kappa shape index (κ1) is 19.0. The highest BCUT2D eigenvalue weighted by Crippen LogP contribution is 2.68. The van der Waals surface area contributed by atoms with Gasteiger partial charge in [-0.15, -0.1) is 0 Å². The number of rotatable bonds is 5. The first-order valence-corrected chi connectivity index (χ1v) is 10.3. The van der Waals surface area contributed by atoms with Crippen molar-refractivity contribution in [2.24, 2.45) is 26.6 Å². The van der Waals surface area contributed by atoms with Gasteiger partial charge in [-0.2, -0.15) is 0 Å². The summed E-state index contributed by atoms with van der Waals surface area (Å²) in [5, 5.41) is 0.455. The van der Waals surface area contributed by atoms with E-state index in [2.05, 4.69) is 65.8 Å². The molecule has 0 radical (unpaired) electrons. The predicted molar refractivity (Wildman–Crippen MR) is 109 cm³/mol. The minimum Gasteiger partial charge on any atom is -0.376 e. The molecule has 2 nitrogen and oxygen atoms in total. The Morgan fingerprint density at radius 2 is 1.88 bits per heavy atom. The topological polar surface area (TPSA) is 21.6 Å². The molecule has 0 aliphatic heterocycles. The summed E-state index contributed by atoms with van der Waals surface area (Å²) >= 11 is 1.75. The summed E-state index contributed by atoms with van der Waals surface area (Å²) < 4.78 is 11.3. The number of hydrogen-bond acceptors (Lipinski definition) is 3. The number of ether oxygens (including phenoxy) is 1. The van der Waals surface area contributed by atoms with Gasteiger partial charge in [0.1, 0.15) is 0 Å². The molecular formula is C22H33NOS. The van der Waals surface area contributed by atoms with Crippen LogP contribution in [0.5, 0.6) is 0 Å². The Morgan fingerprint density at radius 1 is 1.20 bits per heavy atom. The van der Waals surface area contributed by atoms with Crippen LogP contribution >= 0.6 is 11.9 Å². The fourth-order valence-electron chi connectivity index (χ4n) is 4.67. The second-order valence-corrected chi connectivity index (χ2v) is 10.8. The van der Waals surface area contributed by atoms with Gasteiger partial charge < -0.3 is 4.74 Å². The van der Waals surface area contributed by atoms with Gasteiger partial charge >= 0.3 is 0 Å². The monoisotopic (exact) mass is 359 g/mol. The van der Waals surface area contributed by atoms with Crippen LogP contribution in [0.3, 0.4) is 0 Å². The van der Waals surface area contributed by atoms with Crippen molar-refractivity contribution in [2.75, 3.05) is 6.61 Å². The Hall–Kier alpha value is -0.800. The largest absolute Gasteiger partial charge is 0.376 e. The Kier molecular flexibility index (Phi) is 5.11. The maximum absolute atomic E-state index is 6.56. The van der Waals surface area contributed by atoms with Crippen molar-refractivity contribution in [3.8, 4) is 0 Å². The number of benzene rings is 1. The lowest BCUT2D eigenvalue weighted by Gasteiger charge is -2.40. The lowest BCUT2D eigenvalue weighted by atomic mass is 9.70. The number of fused-ring (bicyclic) bond motifs is 2. The highest BCUT2D eigenvalue weighted by Gasteiger charge is 2.67. The van der Waals surface area contributed by atoms with Crippen LogP contribution in [0.1, 0.15) is 59.9 Å². The highest BCUT2D eigenvalue weighted by molar-refractivity contribution is 7.98. The molecule has 0 saturated heterocycles. The maximum Gasteiger partial charge on any atom is 0.0773 e. The second kappa shape index (κ2) is 6.74. The third kappa shape index (κ3) is 3.55. The normalized spacial score (nSPS) is 34.1. The van der Waals surface area contributed by atoms with Crippen molar-refractivity contribution in [2.45, 2.75) is 65.7 Å². The minimum atomic E-state index is 0.199. The molecule has 0 N–H and O–H groups in total. The lowest BCUT2D eigenvalue weighted by Crippen LogP contribution is -2.42. The summed E-state index contributed by atoms with van der Waals surface area (Å²) in [6, 6.07) is 10.4. The van der Waals surface area contributed by atoms with Crippen LogP contribution in [0.25, 0.3) is 0 Å². The molecule has 2 saturated carbocycles. The van der Waals surface area contributed by atoms with E-state index in [4.69, 9.17) is 9.13 Å². The molecule has 0 spiro atoms. The molecule has 2 aliphatic rings. The van der Waals surface area contributed by atoms with Crippen LogP contribution in [0.15, 0.2) is 34.7 Å².